The van der Waals surface area contributed by atoms with E-state index in [1.54, 1.807) is 25.3 Å². The Morgan fingerprint density at radius 1 is 1.42 bits per heavy atom. The van der Waals surface area contributed by atoms with Crippen molar-refractivity contribution in [3.63, 3.8) is 0 Å². The molecular weight excluding hydrogens is 240 g/mol. The number of nitrogens with zero attached hydrogens (tertiary/aromatic N) is 1. The van der Waals surface area contributed by atoms with E-state index < -0.39 is 0 Å². The molecule has 0 aliphatic carbocycles. The fourth-order valence-corrected chi connectivity index (χ4v) is 2.61. The van der Waals surface area contributed by atoms with Crippen molar-refractivity contribution in [2.45, 2.75) is 26.7 Å². The number of likely N-dealkylation sites (tertiary alicyclic amines) is 1. The first-order valence-electron chi connectivity index (χ1n) is 6.66. The summed E-state index contributed by atoms with van der Waals surface area (Å²) in [5.41, 5.74) is 7.15. The Morgan fingerprint density at radius 2 is 2.16 bits per heavy atom. The van der Waals surface area contributed by atoms with Gasteiger partial charge in [0.15, 0.2) is 0 Å². The quantitative estimate of drug-likeness (QED) is 0.833. The molecular formula is C15H22N2O2. The molecule has 4 heteroatoms. The van der Waals surface area contributed by atoms with Gasteiger partial charge in [0, 0.05) is 18.8 Å². The average Bonchev–Trinajstić information content (AvgIpc) is 2.37. The van der Waals surface area contributed by atoms with E-state index in [-0.39, 0.29) is 11.3 Å². The molecule has 0 radical (unpaired) electrons. The van der Waals surface area contributed by atoms with Crippen LogP contribution in [0.1, 0.15) is 37.0 Å². The summed E-state index contributed by atoms with van der Waals surface area (Å²) >= 11 is 0. The number of benzene rings is 1. The molecule has 1 aliphatic heterocycles. The van der Waals surface area contributed by atoms with Crippen molar-refractivity contribution < 1.29 is 9.53 Å². The number of nitrogens with two attached hydrogens (primary N) is 1. The Balaban J connectivity index is 2.24. The van der Waals surface area contributed by atoms with E-state index in [0.717, 1.165) is 25.9 Å². The predicted molar refractivity (Wildman–Crippen MR) is 76.3 cm³/mol. The van der Waals surface area contributed by atoms with Gasteiger partial charge in [0.1, 0.15) is 5.75 Å². The molecule has 0 atom stereocenters. The zero-order valence-corrected chi connectivity index (χ0v) is 11.9. The molecule has 1 aromatic rings. The fraction of sp³-hybridized carbons (Fsp3) is 0.533. The van der Waals surface area contributed by atoms with Crippen molar-refractivity contribution in [2.75, 3.05) is 25.9 Å². The van der Waals surface area contributed by atoms with Crippen LogP contribution in [0, 0.1) is 5.41 Å². The maximum Gasteiger partial charge on any atom is 0.256 e. The zero-order valence-electron chi connectivity index (χ0n) is 11.9. The second-order valence-corrected chi connectivity index (χ2v) is 5.95. The number of rotatable bonds is 2. The highest BCUT2D eigenvalue weighted by molar-refractivity contribution is 5.99. The van der Waals surface area contributed by atoms with Gasteiger partial charge in [-0.05, 0) is 36.5 Å². The Bertz CT molecular complexity index is 483. The van der Waals surface area contributed by atoms with E-state index in [1.807, 2.05) is 4.90 Å². The van der Waals surface area contributed by atoms with Crippen LogP contribution in [0.25, 0.3) is 0 Å². The number of nitrogen functional groups attached to an aromatic ring is 1. The van der Waals surface area contributed by atoms with Gasteiger partial charge in [0.25, 0.3) is 5.91 Å². The molecule has 0 aromatic heterocycles. The summed E-state index contributed by atoms with van der Waals surface area (Å²) in [6.45, 7) is 5.98. The second-order valence-electron chi connectivity index (χ2n) is 5.95. The normalized spacial score (nSPS) is 18.2. The van der Waals surface area contributed by atoms with Gasteiger partial charge in [-0.1, -0.05) is 13.8 Å². The first-order valence-corrected chi connectivity index (χ1v) is 6.66. The number of piperidine rings is 1. The lowest BCUT2D eigenvalue weighted by molar-refractivity contribution is 0.0584. The van der Waals surface area contributed by atoms with Gasteiger partial charge in [0.2, 0.25) is 0 Å². The largest absolute Gasteiger partial charge is 0.497 e. The topological polar surface area (TPSA) is 55.6 Å². The Kier molecular flexibility index (Phi) is 3.69. The molecule has 2 rings (SSSR count). The van der Waals surface area contributed by atoms with E-state index in [2.05, 4.69) is 13.8 Å². The minimum atomic E-state index is 0.00387. The SMILES string of the molecule is COc1ccc(N)c(C(=O)N2CCCC(C)(C)C2)c1. The summed E-state index contributed by atoms with van der Waals surface area (Å²) < 4.78 is 5.16. The summed E-state index contributed by atoms with van der Waals surface area (Å²) in [5, 5.41) is 0. The maximum absolute atomic E-state index is 12.6. The number of ether oxygens (including phenoxy) is 1. The summed E-state index contributed by atoms with van der Waals surface area (Å²) in [6, 6.07) is 5.21. The molecule has 0 unspecified atom stereocenters. The molecule has 104 valence electrons. The average molecular weight is 262 g/mol. The van der Waals surface area contributed by atoms with Crippen LogP contribution in [0.3, 0.4) is 0 Å². The highest BCUT2D eigenvalue weighted by Crippen LogP contribution is 2.30. The van der Waals surface area contributed by atoms with Crippen molar-refractivity contribution in [2.24, 2.45) is 5.41 Å². The van der Waals surface area contributed by atoms with Crippen LogP contribution in [0.15, 0.2) is 18.2 Å². The van der Waals surface area contributed by atoms with Gasteiger partial charge in [-0.15, -0.1) is 0 Å². The Hall–Kier alpha value is -1.71. The number of hydrogen-bond donors (Lipinski definition) is 1. The number of carbonyl (C=O) groups is 1. The van der Waals surface area contributed by atoms with Crippen molar-refractivity contribution in [1.82, 2.24) is 4.90 Å². The summed E-state index contributed by atoms with van der Waals surface area (Å²) in [5.74, 6) is 0.665. The number of amides is 1. The third-order valence-electron chi connectivity index (χ3n) is 3.68. The van der Waals surface area contributed by atoms with Crippen molar-refractivity contribution in [1.29, 1.82) is 0 Å². The minimum absolute atomic E-state index is 0.00387. The Labute approximate surface area is 114 Å². The molecule has 0 bridgehead atoms. The van der Waals surface area contributed by atoms with Crippen LogP contribution < -0.4 is 10.5 Å². The lowest BCUT2D eigenvalue weighted by Gasteiger charge is -2.38. The molecule has 0 spiro atoms. The van der Waals surface area contributed by atoms with Gasteiger partial charge >= 0.3 is 0 Å². The van der Waals surface area contributed by atoms with E-state index in [0.29, 0.717) is 17.0 Å². The number of anilines is 1. The molecule has 1 fully saturated rings. The van der Waals surface area contributed by atoms with Crippen LogP contribution >= 0.6 is 0 Å². The predicted octanol–water partition coefficient (Wildman–Crippen LogP) is 2.54. The van der Waals surface area contributed by atoms with E-state index >= 15 is 0 Å². The highest BCUT2D eigenvalue weighted by Gasteiger charge is 2.30. The van der Waals surface area contributed by atoms with Crippen molar-refractivity contribution in [3.8, 4) is 5.75 Å². The first-order chi connectivity index (χ1) is 8.93. The third-order valence-corrected chi connectivity index (χ3v) is 3.68. The minimum Gasteiger partial charge on any atom is -0.497 e. The first kappa shape index (κ1) is 13.7. The molecule has 1 heterocycles. The van der Waals surface area contributed by atoms with Gasteiger partial charge in [0.05, 0.1) is 12.7 Å². The number of methoxy groups -OCH3 is 1. The van der Waals surface area contributed by atoms with Crippen LogP contribution in [0.5, 0.6) is 5.75 Å². The molecule has 0 saturated carbocycles. The van der Waals surface area contributed by atoms with Crippen molar-refractivity contribution >= 4 is 11.6 Å². The van der Waals surface area contributed by atoms with E-state index in [1.165, 1.54) is 0 Å². The second kappa shape index (κ2) is 5.11. The number of carbonyl (C=O) groups excluding carboxylic acids is 1. The summed E-state index contributed by atoms with van der Waals surface area (Å²) in [4.78, 5) is 14.5. The van der Waals surface area contributed by atoms with Crippen LogP contribution in [0.2, 0.25) is 0 Å². The molecule has 1 aliphatic rings. The van der Waals surface area contributed by atoms with Crippen LogP contribution in [0.4, 0.5) is 5.69 Å². The fourth-order valence-electron chi connectivity index (χ4n) is 2.61. The standard InChI is InChI=1S/C15H22N2O2/c1-15(2)7-4-8-17(10-15)14(18)12-9-11(19-3)5-6-13(12)16/h5-6,9H,4,7-8,10,16H2,1-3H3. The van der Waals surface area contributed by atoms with E-state index in [4.69, 9.17) is 10.5 Å². The number of hydrogen-bond acceptors (Lipinski definition) is 3. The molecule has 19 heavy (non-hydrogen) atoms. The molecule has 1 aromatic carbocycles. The molecule has 2 N–H and O–H groups in total. The Morgan fingerprint density at radius 3 is 2.79 bits per heavy atom. The van der Waals surface area contributed by atoms with Gasteiger partial charge in [-0.3, -0.25) is 4.79 Å². The van der Waals surface area contributed by atoms with Crippen molar-refractivity contribution in [3.05, 3.63) is 23.8 Å². The van der Waals surface area contributed by atoms with Crippen LogP contribution in [-0.2, 0) is 0 Å². The van der Waals surface area contributed by atoms with Gasteiger partial charge in [-0.25, -0.2) is 0 Å². The summed E-state index contributed by atoms with van der Waals surface area (Å²) in [7, 11) is 1.59. The van der Waals surface area contributed by atoms with Gasteiger partial charge in [-0.2, -0.15) is 0 Å². The summed E-state index contributed by atoms with van der Waals surface area (Å²) in [6.07, 6.45) is 2.20. The van der Waals surface area contributed by atoms with E-state index in [9.17, 15) is 4.79 Å². The maximum atomic E-state index is 12.6. The zero-order chi connectivity index (χ0) is 14.0. The highest BCUT2D eigenvalue weighted by atomic mass is 16.5. The van der Waals surface area contributed by atoms with Gasteiger partial charge < -0.3 is 15.4 Å². The smallest absolute Gasteiger partial charge is 0.256 e. The lowest BCUT2D eigenvalue weighted by atomic mass is 9.84. The molecule has 4 nitrogen and oxygen atoms in total. The molecule has 1 saturated heterocycles. The van der Waals surface area contributed by atoms with Crippen LogP contribution in [-0.4, -0.2) is 31.0 Å². The third kappa shape index (κ3) is 3.00. The lowest BCUT2D eigenvalue weighted by Crippen LogP contribution is -2.43. The monoisotopic (exact) mass is 262 g/mol. The molecule has 1 amide bonds.